The Morgan fingerprint density at radius 1 is 1.07 bits per heavy atom. The Balaban J connectivity index is 2.90. The molecule has 0 N–H and O–H groups in total. The number of hydrogen-bond donors (Lipinski definition) is 0. The van der Waals surface area contributed by atoms with Gasteiger partial charge >= 0.3 is 0 Å². The summed E-state index contributed by atoms with van der Waals surface area (Å²) < 4.78 is 25.3. The van der Waals surface area contributed by atoms with Gasteiger partial charge in [0.2, 0.25) is 9.84 Å². The van der Waals surface area contributed by atoms with E-state index in [0.717, 1.165) is 8.95 Å². The van der Waals surface area contributed by atoms with E-state index in [0.29, 0.717) is 14.9 Å². The van der Waals surface area contributed by atoms with Crippen molar-refractivity contribution >= 4 is 62.1 Å². The molecule has 0 bridgehead atoms. The van der Waals surface area contributed by atoms with Crippen LogP contribution in [0.2, 0.25) is 0 Å². The van der Waals surface area contributed by atoms with E-state index in [1.165, 1.54) is 5.41 Å². The molecular weight excluding hydrogens is 400 g/mol. The van der Waals surface area contributed by atoms with Crippen LogP contribution in [0.15, 0.2) is 31.4 Å². The van der Waals surface area contributed by atoms with Gasteiger partial charge in [-0.25, -0.2) is 8.42 Å². The Morgan fingerprint density at radius 3 is 2.36 bits per heavy atom. The predicted molar refractivity (Wildman–Crippen MR) is 65.9 cm³/mol. The molecule has 0 radical (unpaired) electrons. The smallest absolute Gasteiger partial charge is 0.201 e. The van der Waals surface area contributed by atoms with Gasteiger partial charge in [0.1, 0.15) is 0 Å². The molecule has 0 aromatic heterocycles. The normalized spacial score (nSPS) is 17.8. The van der Waals surface area contributed by atoms with E-state index < -0.39 is 9.84 Å². The van der Waals surface area contributed by atoms with Gasteiger partial charge in [-0.2, -0.15) is 0 Å². The second kappa shape index (κ2) is 3.43. The fourth-order valence-corrected chi connectivity index (χ4v) is 5.86. The average Bonchev–Trinajstić information content (AvgIpc) is 2.21. The van der Waals surface area contributed by atoms with Crippen molar-refractivity contribution in [3.05, 3.63) is 32.0 Å². The number of hydrogen-bond acceptors (Lipinski definition) is 2. The minimum absolute atomic E-state index is 0.325. The molecule has 0 atom stereocenters. The molecular formula is C8H3Br3O2S. The van der Waals surface area contributed by atoms with Crippen LogP contribution < -0.4 is 0 Å². The van der Waals surface area contributed by atoms with Gasteiger partial charge < -0.3 is 0 Å². The van der Waals surface area contributed by atoms with E-state index >= 15 is 0 Å². The molecule has 2 nitrogen and oxygen atoms in total. The molecule has 6 heteroatoms. The van der Waals surface area contributed by atoms with Crippen molar-refractivity contribution in [1.82, 2.24) is 0 Å². The van der Waals surface area contributed by atoms with E-state index in [4.69, 9.17) is 0 Å². The van der Waals surface area contributed by atoms with Gasteiger partial charge in [-0.1, -0.05) is 31.9 Å². The first-order valence-electron chi connectivity index (χ1n) is 3.53. The summed E-state index contributed by atoms with van der Waals surface area (Å²) in [6, 6.07) is 3.41. The number of rotatable bonds is 0. The molecule has 14 heavy (non-hydrogen) atoms. The van der Waals surface area contributed by atoms with Gasteiger partial charge in [0.25, 0.3) is 0 Å². The summed E-state index contributed by atoms with van der Waals surface area (Å²) in [5.41, 5.74) is 0.688. The van der Waals surface area contributed by atoms with Crippen LogP contribution in [0, 0.1) is 0 Å². The zero-order valence-corrected chi connectivity index (χ0v) is 12.2. The van der Waals surface area contributed by atoms with Crippen molar-refractivity contribution in [3.8, 4) is 0 Å². The van der Waals surface area contributed by atoms with E-state index in [1.807, 2.05) is 6.07 Å². The van der Waals surface area contributed by atoms with Crippen LogP contribution in [0.3, 0.4) is 0 Å². The monoisotopic (exact) mass is 400 g/mol. The minimum Gasteiger partial charge on any atom is -0.219 e. The molecule has 1 aliphatic rings. The Morgan fingerprint density at radius 2 is 1.71 bits per heavy atom. The quantitative estimate of drug-likeness (QED) is 0.663. The fraction of sp³-hybridized carbons (Fsp3) is 0. The van der Waals surface area contributed by atoms with E-state index in [1.54, 1.807) is 6.07 Å². The number of fused-ring (bicyclic) bond motifs is 1. The SMILES string of the molecule is O=S1(=O)C=C(Br)c2c(Br)cc(Br)cc21. The van der Waals surface area contributed by atoms with Crippen molar-refractivity contribution < 1.29 is 8.42 Å². The Hall–Kier alpha value is 0.350. The first-order valence-corrected chi connectivity index (χ1v) is 7.46. The van der Waals surface area contributed by atoms with Crippen LogP contribution in [0.25, 0.3) is 4.48 Å². The molecule has 1 aliphatic heterocycles. The molecule has 1 aromatic carbocycles. The van der Waals surface area contributed by atoms with Crippen LogP contribution in [-0.4, -0.2) is 8.42 Å². The molecule has 0 saturated carbocycles. The molecule has 74 valence electrons. The van der Waals surface area contributed by atoms with Gasteiger partial charge in [0, 0.05) is 19.0 Å². The lowest BCUT2D eigenvalue weighted by molar-refractivity contribution is 0.605. The van der Waals surface area contributed by atoms with E-state index in [9.17, 15) is 8.42 Å². The van der Waals surface area contributed by atoms with Crippen LogP contribution in [0.1, 0.15) is 5.56 Å². The number of benzene rings is 1. The lowest BCUT2D eigenvalue weighted by Gasteiger charge is -2.03. The summed E-state index contributed by atoms with van der Waals surface area (Å²) in [7, 11) is -3.27. The predicted octanol–water partition coefficient (Wildman–Crippen LogP) is 3.69. The average molecular weight is 403 g/mol. The Kier molecular flexibility index (Phi) is 2.66. The highest BCUT2D eigenvalue weighted by atomic mass is 79.9. The zero-order valence-electron chi connectivity index (χ0n) is 6.59. The standard InChI is InChI=1S/C8H3Br3O2S/c9-4-1-5(10)8-6(11)3-14(12,13)7(8)2-4/h1-3H. The lowest BCUT2D eigenvalue weighted by Crippen LogP contribution is -1.93. The third kappa shape index (κ3) is 1.62. The fourth-order valence-electron chi connectivity index (χ4n) is 1.26. The van der Waals surface area contributed by atoms with E-state index in [-0.39, 0.29) is 0 Å². The summed E-state index contributed by atoms with van der Waals surface area (Å²) in [6.07, 6.45) is 0. The molecule has 0 unspecified atom stereocenters. The Labute approximate surface area is 107 Å². The highest BCUT2D eigenvalue weighted by molar-refractivity contribution is 9.15. The topological polar surface area (TPSA) is 34.1 Å². The minimum atomic E-state index is -3.27. The summed E-state index contributed by atoms with van der Waals surface area (Å²) in [5.74, 6) is 0. The zero-order chi connectivity index (χ0) is 10.5. The Bertz CT molecular complexity index is 546. The molecule has 0 amide bonds. The summed E-state index contributed by atoms with van der Waals surface area (Å²) in [5, 5.41) is 1.22. The largest absolute Gasteiger partial charge is 0.219 e. The maximum absolute atomic E-state index is 11.6. The van der Waals surface area contributed by atoms with Crippen molar-refractivity contribution in [1.29, 1.82) is 0 Å². The molecule has 0 fully saturated rings. The first kappa shape index (κ1) is 10.9. The molecule has 1 heterocycles. The second-order valence-corrected chi connectivity index (χ2v) is 7.16. The molecule has 0 spiro atoms. The third-order valence-corrected chi connectivity index (χ3v) is 5.32. The van der Waals surface area contributed by atoms with Crippen molar-refractivity contribution in [2.75, 3.05) is 0 Å². The number of halogens is 3. The van der Waals surface area contributed by atoms with Crippen LogP contribution in [-0.2, 0) is 9.84 Å². The van der Waals surface area contributed by atoms with Gasteiger partial charge in [-0.15, -0.1) is 0 Å². The molecule has 0 aliphatic carbocycles. The lowest BCUT2D eigenvalue weighted by atomic mass is 10.2. The first-order chi connectivity index (χ1) is 6.42. The van der Waals surface area contributed by atoms with Crippen molar-refractivity contribution in [2.24, 2.45) is 0 Å². The van der Waals surface area contributed by atoms with Crippen molar-refractivity contribution in [3.63, 3.8) is 0 Å². The molecule has 0 saturated heterocycles. The third-order valence-electron chi connectivity index (χ3n) is 1.82. The summed E-state index contributed by atoms with van der Waals surface area (Å²) >= 11 is 9.80. The second-order valence-electron chi connectivity index (χ2n) is 2.77. The molecule has 2 rings (SSSR count). The van der Waals surface area contributed by atoms with Gasteiger partial charge in [0.05, 0.1) is 10.3 Å². The maximum Gasteiger partial charge on any atom is 0.201 e. The van der Waals surface area contributed by atoms with Gasteiger partial charge in [-0.3, -0.25) is 0 Å². The van der Waals surface area contributed by atoms with Crippen LogP contribution in [0.4, 0.5) is 0 Å². The highest BCUT2D eigenvalue weighted by Gasteiger charge is 2.28. The van der Waals surface area contributed by atoms with Crippen molar-refractivity contribution in [2.45, 2.75) is 4.90 Å². The van der Waals surface area contributed by atoms with Crippen LogP contribution in [0.5, 0.6) is 0 Å². The highest BCUT2D eigenvalue weighted by Crippen LogP contribution is 2.42. The molecule has 1 aromatic rings. The summed E-state index contributed by atoms with van der Waals surface area (Å²) in [4.78, 5) is 0.325. The van der Waals surface area contributed by atoms with E-state index in [2.05, 4.69) is 47.8 Å². The van der Waals surface area contributed by atoms with Crippen LogP contribution >= 0.6 is 47.8 Å². The van der Waals surface area contributed by atoms with Gasteiger partial charge in [0.15, 0.2) is 0 Å². The summed E-state index contributed by atoms with van der Waals surface area (Å²) in [6.45, 7) is 0. The maximum atomic E-state index is 11.6. The number of sulfone groups is 1. The van der Waals surface area contributed by atoms with Gasteiger partial charge in [-0.05, 0) is 28.1 Å².